The topological polar surface area (TPSA) is 84.7 Å². The third-order valence-corrected chi connectivity index (χ3v) is 3.74. The molecule has 6 nitrogen and oxygen atoms in total. The largest absolute Gasteiger partial charge is 0.495 e. The van der Waals surface area contributed by atoms with Gasteiger partial charge in [-0.05, 0) is 30.9 Å². The molecule has 114 valence electrons. The van der Waals surface area contributed by atoms with Crippen LogP contribution in [0.15, 0.2) is 24.3 Å². The molecule has 1 fully saturated rings. The molecular weight excluding hydrogens is 270 g/mol. The molecule has 1 aromatic carbocycles. The van der Waals surface area contributed by atoms with E-state index in [2.05, 4.69) is 5.32 Å². The zero-order valence-corrected chi connectivity index (χ0v) is 12.2. The van der Waals surface area contributed by atoms with Gasteiger partial charge in [-0.15, -0.1) is 0 Å². The van der Waals surface area contributed by atoms with Crippen LogP contribution >= 0.6 is 0 Å². The number of nitrogens with zero attached hydrogens (tertiary/aromatic N) is 1. The Labute approximate surface area is 124 Å². The van der Waals surface area contributed by atoms with Gasteiger partial charge in [-0.25, -0.2) is 4.79 Å². The van der Waals surface area contributed by atoms with Crippen LogP contribution in [0.4, 0.5) is 10.5 Å². The minimum absolute atomic E-state index is 0.142. The number of ether oxygens (including phenoxy) is 1. The molecule has 0 unspecified atom stereocenters. The number of amides is 3. The number of anilines is 1. The first-order valence-electron chi connectivity index (χ1n) is 7.07. The summed E-state index contributed by atoms with van der Waals surface area (Å²) in [6.45, 7) is 1.28. The predicted molar refractivity (Wildman–Crippen MR) is 80.1 cm³/mol. The van der Waals surface area contributed by atoms with Crippen molar-refractivity contribution in [1.82, 2.24) is 4.90 Å². The van der Waals surface area contributed by atoms with Gasteiger partial charge >= 0.3 is 6.03 Å². The molecule has 1 heterocycles. The van der Waals surface area contributed by atoms with E-state index in [0.717, 1.165) is 12.8 Å². The van der Waals surface area contributed by atoms with E-state index in [1.807, 2.05) is 12.1 Å². The van der Waals surface area contributed by atoms with Gasteiger partial charge in [0.25, 0.3) is 0 Å². The first-order valence-corrected chi connectivity index (χ1v) is 7.07. The van der Waals surface area contributed by atoms with E-state index >= 15 is 0 Å². The number of piperidine rings is 1. The molecule has 21 heavy (non-hydrogen) atoms. The van der Waals surface area contributed by atoms with Crippen LogP contribution in [-0.4, -0.2) is 37.0 Å². The molecule has 1 aliphatic rings. The van der Waals surface area contributed by atoms with Gasteiger partial charge in [0, 0.05) is 19.5 Å². The van der Waals surface area contributed by atoms with Crippen molar-refractivity contribution < 1.29 is 14.3 Å². The quantitative estimate of drug-likeness (QED) is 0.887. The monoisotopic (exact) mass is 291 g/mol. The van der Waals surface area contributed by atoms with Gasteiger partial charge in [0.1, 0.15) is 5.75 Å². The van der Waals surface area contributed by atoms with Crippen LogP contribution in [0.2, 0.25) is 0 Å². The van der Waals surface area contributed by atoms with Crippen LogP contribution in [-0.2, 0) is 4.79 Å². The zero-order chi connectivity index (χ0) is 15.2. The van der Waals surface area contributed by atoms with Crippen molar-refractivity contribution in [2.75, 3.05) is 25.5 Å². The number of methoxy groups -OCH3 is 1. The van der Waals surface area contributed by atoms with Gasteiger partial charge in [-0.2, -0.15) is 0 Å². The summed E-state index contributed by atoms with van der Waals surface area (Å²) in [5.41, 5.74) is 5.86. The number of carbonyl (C=O) groups excluding carboxylic acids is 2. The highest BCUT2D eigenvalue weighted by molar-refractivity contribution is 5.91. The van der Waals surface area contributed by atoms with Gasteiger partial charge in [-0.3, -0.25) is 4.79 Å². The molecule has 0 spiro atoms. The maximum Gasteiger partial charge on any atom is 0.321 e. The highest BCUT2D eigenvalue weighted by atomic mass is 16.5. The highest BCUT2D eigenvalue weighted by Crippen LogP contribution is 2.25. The fourth-order valence-electron chi connectivity index (χ4n) is 2.57. The summed E-state index contributed by atoms with van der Waals surface area (Å²) in [7, 11) is 1.57. The van der Waals surface area contributed by atoms with E-state index in [0.29, 0.717) is 30.9 Å². The van der Waals surface area contributed by atoms with E-state index in [-0.39, 0.29) is 17.9 Å². The Bertz CT molecular complexity index is 511. The Morgan fingerprint density at radius 3 is 2.62 bits per heavy atom. The highest BCUT2D eigenvalue weighted by Gasteiger charge is 2.24. The van der Waals surface area contributed by atoms with E-state index in [4.69, 9.17) is 10.5 Å². The number of carbonyl (C=O) groups is 2. The van der Waals surface area contributed by atoms with Gasteiger partial charge < -0.3 is 20.7 Å². The van der Waals surface area contributed by atoms with E-state index in [9.17, 15) is 9.59 Å². The standard InChI is InChI=1S/C15H21N3O3/c1-21-13-5-3-2-4-12(13)17-15(20)18-8-6-11(7-9-18)10-14(16)19/h2-5,11H,6-10H2,1H3,(H2,16,19)(H,17,20). The van der Waals surface area contributed by atoms with Gasteiger partial charge in [0.2, 0.25) is 5.91 Å². The Hall–Kier alpha value is -2.24. The van der Waals surface area contributed by atoms with Crippen LogP contribution in [0.5, 0.6) is 5.75 Å². The molecule has 1 saturated heterocycles. The lowest BCUT2D eigenvalue weighted by Gasteiger charge is -2.31. The molecular formula is C15H21N3O3. The molecule has 0 radical (unpaired) electrons. The number of likely N-dealkylation sites (tertiary alicyclic amines) is 1. The Balaban J connectivity index is 1.89. The molecule has 0 bridgehead atoms. The normalized spacial score (nSPS) is 15.6. The summed E-state index contributed by atoms with van der Waals surface area (Å²) in [5, 5.41) is 2.86. The molecule has 0 atom stereocenters. The van der Waals surface area contributed by atoms with Crippen molar-refractivity contribution in [2.45, 2.75) is 19.3 Å². The van der Waals surface area contributed by atoms with E-state index < -0.39 is 0 Å². The van der Waals surface area contributed by atoms with Crippen molar-refractivity contribution in [1.29, 1.82) is 0 Å². The molecule has 1 aliphatic heterocycles. The molecule has 3 N–H and O–H groups in total. The second-order valence-corrected chi connectivity index (χ2v) is 5.23. The molecule has 1 aromatic rings. The average molecular weight is 291 g/mol. The SMILES string of the molecule is COc1ccccc1NC(=O)N1CCC(CC(N)=O)CC1. The Kier molecular flexibility index (Phi) is 5.03. The zero-order valence-electron chi connectivity index (χ0n) is 12.2. The summed E-state index contributed by atoms with van der Waals surface area (Å²) in [5.74, 6) is 0.652. The van der Waals surface area contributed by atoms with Crippen molar-refractivity contribution in [3.05, 3.63) is 24.3 Å². The number of nitrogens with two attached hydrogens (primary N) is 1. The molecule has 0 aliphatic carbocycles. The van der Waals surface area contributed by atoms with Crippen molar-refractivity contribution in [2.24, 2.45) is 11.7 Å². The smallest absolute Gasteiger partial charge is 0.321 e. The summed E-state index contributed by atoms with van der Waals surface area (Å²) < 4.78 is 5.21. The molecule has 3 amide bonds. The number of rotatable bonds is 4. The Morgan fingerprint density at radius 1 is 1.33 bits per heavy atom. The van der Waals surface area contributed by atoms with Gasteiger partial charge in [0.15, 0.2) is 0 Å². The molecule has 0 saturated carbocycles. The van der Waals surface area contributed by atoms with Crippen molar-refractivity contribution in [3.63, 3.8) is 0 Å². The fourth-order valence-corrected chi connectivity index (χ4v) is 2.57. The lowest BCUT2D eigenvalue weighted by molar-refractivity contribution is -0.119. The van der Waals surface area contributed by atoms with Crippen LogP contribution in [0, 0.1) is 5.92 Å². The number of urea groups is 1. The summed E-state index contributed by atoms with van der Waals surface area (Å²) in [6.07, 6.45) is 2.02. The number of hydrogen-bond acceptors (Lipinski definition) is 3. The van der Waals surface area contributed by atoms with Crippen LogP contribution in [0.3, 0.4) is 0 Å². The van der Waals surface area contributed by atoms with Gasteiger partial charge in [0.05, 0.1) is 12.8 Å². The number of nitrogens with one attached hydrogen (secondary N) is 1. The van der Waals surface area contributed by atoms with Crippen LogP contribution in [0.25, 0.3) is 0 Å². The van der Waals surface area contributed by atoms with Crippen LogP contribution < -0.4 is 15.8 Å². The average Bonchev–Trinajstić information content (AvgIpc) is 2.48. The number of hydrogen-bond donors (Lipinski definition) is 2. The lowest BCUT2D eigenvalue weighted by Crippen LogP contribution is -2.41. The fraction of sp³-hybridized carbons (Fsp3) is 0.467. The first kappa shape index (κ1) is 15.2. The number of primary amides is 1. The van der Waals surface area contributed by atoms with E-state index in [1.165, 1.54) is 0 Å². The summed E-state index contributed by atoms with van der Waals surface area (Å²) in [6, 6.07) is 7.16. The predicted octanol–water partition coefficient (Wildman–Crippen LogP) is 1.81. The summed E-state index contributed by atoms with van der Waals surface area (Å²) in [4.78, 5) is 24.9. The minimum atomic E-state index is -0.271. The number of benzene rings is 1. The minimum Gasteiger partial charge on any atom is -0.495 e. The lowest BCUT2D eigenvalue weighted by atomic mass is 9.93. The van der Waals surface area contributed by atoms with Crippen molar-refractivity contribution in [3.8, 4) is 5.75 Å². The maximum absolute atomic E-state index is 12.2. The third-order valence-electron chi connectivity index (χ3n) is 3.74. The molecule has 0 aromatic heterocycles. The first-order chi connectivity index (χ1) is 10.1. The Morgan fingerprint density at radius 2 is 2.00 bits per heavy atom. The van der Waals surface area contributed by atoms with Crippen LogP contribution in [0.1, 0.15) is 19.3 Å². The second-order valence-electron chi connectivity index (χ2n) is 5.23. The second kappa shape index (κ2) is 6.97. The van der Waals surface area contributed by atoms with Gasteiger partial charge in [-0.1, -0.05) is 12.1 Å². The maximum atomic E-state index is 12.2. The van der Waals surface area contributed by atoms with Crippen molar-refractivity contribution >= 4 is 17.6 Å². The number of para-hydroxylation sites is 2. The van der Waals surface area contributed by atoms with E-state index in [1.54, 1.807) is 24.1 Å². The molecule has 6 heteroatoms. The third kappa shape index (κ3) is 4.11. The summed E-state index contributed by atoms with van der Waals surface area (Å²) >= 11 is 0. The molecule has 2 rings (SSSR count).